The Kier molecular flexibility index (Phi) is 5.84. The Balaban J connectivity index is 1.69. The number of halogens is 1. The summed E-state index contributed by atoms with van der Waals surface area (Å²) in [4.78, 5) is 12.3. The molecule has 8 heteroatoms. The molecule has 7 nitrogen and oxygen atoms in total. The van der Waals surface area contributed by atoms with Crippen LogP contribution in [0.2, 0.25) is 5.02 Å². The van der Waals surface area contributed by atoms with E-state index in [2.05, 4.69) is 15.6 Å². The number of benzene rings is 2. The van der Waals surface area contributed by atoms with Gasteiger partial charge in [0.2, 0.25) is 5.82 Å². The van der Waals surface area contributed by atoms with Crippen LogP contribution in [0.5, 0.6) is 11.5 Å². The molecule has 0 fully saturated rings. The molecule has 0 radical (unpaired) electrons. The number of nitrogens with one attached hydrogen (secondary N) is 1. The van der Waals surface area contributed by atoms with Crippen LogP contribution in [-0.4, -0.2) is 29.9 Å². The highest BCUT2D eigenvalue weighted by Gasteiger charge is 2.16. The van der Waals surface area contributed by atoms with Crippen LogP contribution in [0.15, 0.2) is 35.0 Å². The van der Waals surface area contributed by atoms with Gasteiger partial charge in [-0.15, -0.1) is 0 Å². The summed E-state index contributed by atoms with van der Waals surface area (Å²) in [7, 11) is 1.61. The van der Waals surface area contributed by atoms with Crippen LogP contribution < -0.4 is 14.8 Å². The molecule has 0 bridgehead atoms. The number of aromatic nitrogens is 2. The zero-order chi connectivity index (χ0) is 20.3. The Hall–Kier alpha value is -3.06. The number of anilines is 1. The van der Waals surface area contributed by atoms with E-state index in [0.717, 1.165) is 28.0 Å². The molecule has 1 amide bonds. The molecule has 1 heterocycles. The lowest BCUT2D eigenvalue weighted by atomic mass is 10.1. The second-order valence-corrected chi connectivity index (χ2v) is 6.73. The number of amides is 1. The van der Waals surface area contributed by atoms with Gasteiger partial charge < -0.3 is 14.8 Å². The minimum absolute atomic E-state index is 0.186. The van der Waals surface area contributed by atoms with Crippen LogP contribution in [0.4, 0.5) is 5.82 Å². The molecule has 0 atom stereocenters. The zero-order valence-electron chi connectivity index (χ0n) is 16.0. The molecule has 28 heavy (non-hydrogen) atoms. The van der Waals surface area contributed by atoms with Gasteiger partial charge in [0, 0.05) is 10.6 Å². The van der Waals surface area contributed by atoms with Gasteiger partial charge in [-0.25, -0.2) is 4.63 Å². The lowest BCUT2D eigenvalue weighted by molar-refractivity contribution is -0.118. The molecule has 0 saturated carbocycles. The SMILES string of the molecule is COc1ccc(-c2nonc2NC(=O)COc2cc(C)c(Cl)c(C)c2)cc1C. The predicted octanol–water partition coefficient (Wildman–Crippen LogP) is 4.34. The molecular formula is C20H20ClN3O4. The van der Waals surface area contributed by atoms with Gasteiger partial charge in [-0.3, -0.25) is 4.79 Å². The van der Waals surface area contributed by atoms with Crippen LogP contribution >= 0.6 is 11.6 Å². The fourth-order valence-corrected chi connectivity index (χ4v) is 2.90. The highest BCUT2D eigenvalue weighted by atomic mass is 35.5. The summed E-state index contributed by atoms with van der Waals surface area (Å²) in [6, 6.07) is 9.08. The molecule has 2 aromatic carbocycles. The number of hydrogen-bond donors (Lipinski definition) is 1. The zero-order valence-corrected chi connectivity index (χ0v) is 16.8. The lowest BCUT2D eigenvalue weighted by Gasteiger charge is -2.10. The number of aryl methyl sites for hydroxylation is 3. The average molecular weight is 402 g/mol. The molecular weight excluding hydrogens is 382 g/mol. The molecule has 1 N–H and O–H groups in total. The number of nitrogens with zero attached hydrogens (tertiary/aromatic N) is 2. The Labute approximate surface area is 167 Å². The van der Waals surface area contributed by atoms with Crippen molar-refractivity contribution in [2.75, 3.05) is 19.0 Å². The Morgan fingerprint density at radius 2 is 1.82 bits per heavy atom. The average Bonchev–Trinajstić information content (AvgIpc) is 3.12. The predicted molar refractivity (Wildman–Crippen MR) is 106 cm³/mol. The maximum atomic E-state index is 12.3. The molecule has 146 valence electrons. The van der Waals surface area contributed by atoms with E-state index >= 15 is 0 Å². The van der Waals surface area contributed by atoms with Crippen LogP contribution in [0.25, 0.3) is 11.3 Å². The first kappa shape index (κ1) is 19.7. The standard InChI is InChI=1S/C20H20ClN3O4/c1-11-7-14(5-6-16(11)26-4)19-20(24-28-23-19)22-17(25)10-27-15-8-12(2)18(21)13(3)9-15/h5-9H,10H2,1-4H3,(H,22,24,25). The molecule has 0 spiro atoms. The number of carbonyl (C=O) groups is 1. The smallest absolute Gasteiger partial charge is 0.263 e. The first-order valence-corrected chi connectivity index (χ1v) is 8.93. The number of carbonyl (C=O) groups excluding carboxylic acids is 1. The monoisotopic (exact) mass is 401 g/mol. The van der Waals surface area contributed by atoms with Crippen molar-refractivity contribution in [1.29, 1.82) is 0 Å². The van der Waals surface area contributed by atoms with E-state index < -0.39 is 0 Å². The third-order valence-corrected chi connectivity index (χ3v) is 4.79. The summed E-state index contributed by atoms with van der Waals surface area (Å²) in [5.41, 5.74) is 3.87. The van der Waals surface area contributed by atoms with E-state index in [4.69, 9.17) is 25.7 Å². The van der Waals surface area contributed by atoms with Gasteiger partial charge in [-0.2, -0.15) is 0 Å². The highest BCUT2D eigenvalue weighted by molar-refractivity contribution is 6.32. The summed E-state index contributed by atoms with van der Waals surface area (Å²) in [5.74, 6) is 1.17. The third kappa shape index (κ3) is 4.26. The maximum Gasteiger partial charge on any atom is 0.263 e. The van der Waals surface area contributed by atoms with Crippen LogP contribution in [-0.2, 0) is 4.79 Å². The van der Waals surface area contributed by atoms with Gasteiger partial charge in [-0.1, -0.05) is 11.6 Å². The fourth-order valence-electron chi connectivity index (χ4n) is 2.79. The summed E-state index contributed by atoms with van der Waals surface area (Å²) < 4.78 is 15.6. The summed E-state index contributed by atoms with van der Waals surface area (Å²) in [6.45, 7) is 5.49. The van der Waals surface area contributed by atoms with Crippen molar-refractivity contribution in [3.63, 3.8) is 0 Å². The maximum absolute atomic E-state index is 12.3. The van der Waals surface area contributed by atoms with Gasteiger partial charge in [0.05, 0.1) is 7.11 Å². The second-order valence-electron chi connectivity index (χ2n) is 6.35. The van der Waals surface area contributed by atoms with Crippen molar-refractivity contribution in [3.8, 4) is 22.8 Å². The number of ether oxygens (including phenoxy) is 2. The number of hydrogen-bond acceptors (Lipinski definition) is 6. The van der Waals surface area contributed by atoms with Gasteiger partial charge in [-0.05, 0) is 78.1 Å². The summed E-state index contributed by atoms with van der Waals surface area (Å²) in [6.07, 6.45) is 0. The van der Waals surface area contributed by atoms with E-state index in [0.29, 0.717) is 16.5 Å². The first-order chi connectivity index (χ1) is 13.4. The van der Waals surface area contributed by atoms with Crippen molar-refractivity contribution in [1.82, 2.24) is 10.3 Å². The number of methoxy groups -OCH3 is 1. The Morgan fingerprint density at radius 1 is 1.11 bits per heavy atom. The lowest BCUT2D eigenvalue weighted by Crippen LogP contribution is -2.20. The summed E-state index contributed by atoms with van der Waals surface area (Å²) in [5, 5.41) is 11.0. The Bertz CT molecular complexity index is 993. The van der Waals surface area contributed by atoms with Crippen molar-refractivity contribution >= 4 is 23.3 Å². The van der Waals surface area contributed by atoms with Gasteiger partial charge in [0.25, 0.3) is 5.91 Å². The van der Waals surface area contributed by atoms with Crippen molar-refractivity contribution < 1.29 is 18.9 Å². The van der Waals surface area contributed by atoms with Gasteiger partial charge in [0.1, 0.15) is 11.5 Å². The van der Waals surface area contributed by atoms with Crippen LogP contribution in [0.1, 0.15) is 16.7 Å². The fraction of sp³-hybridized carbons (Fsp3) is 0.250. The van der Waals surface area contributed by atoms with Crippen molar-refractivity contribution in [2.24, 2.45) is 0 Å². The summed E-state index contributed by atoms with van der Waals surface area (Å²) >= 11 is 6.14. The topological polar surface area (TPSA) is 86.5 Å². The number of rotatable bonds is 6. The minimum Gasteiger partial charge on any atom is -0.496 e. The van der Waals surface area contributed by atoms with Crippen molar-refractivity contribution in [2.45, 2.75) is 20.8 Å². The minimum atomic E-state index is -0.382. The quantitative estimate of drug-likeness (QED) is 0.661. The molecule has 3 aromatic rings. The van der Waals surface area contributed by atoms with E-state index in [1.165, 1.54) is 0 Å². The van der Waals surface area contributed by atoms with E-state index in [9.17, 15) is 4.79 Å². The van der Waals surface area contributed by atoms with E-state index in [1.54, 1.807) is 19.2 Å². The van der Waals surface area contributed by atoms with Crippen LogP contribution in [0, 0.1) is 20.8 Å². The molecule has 0 aliphatic carbocycles. The van der Waals surface area contributed by atoms with Gasteiger partial charge >= 0.3 is 0 Å². The largest absolute Gasteiger partial charge is 0.496 e. The van der Waals surface area contributed by atoms with E-state index in [1.807, 2.05) is 39.0 Å². The van der Waals surface area contributed by atoms with Crippen molar-refractivity contribution in [3.05, 3.63) is 52.0 Å². The first-order valence-electron chi connectivity index (χ1n) is 8.56. The molecule has 0 unspecified atom stereocenters. The normalized spacial score (nSPS) is 10.6. The van der Waals surface area contributed by atoms with Crippen LogP contribution in [0.3, 0.4) is 0 Å². The molecule has 1 aromatic heterocycles. The molecule has 3 rings (SSSR count). The molecule has 0 saturated heterocycles. The Morgan fingerprint density at radius 3 is 2.46 bits per heavy atom. The highest BCUT2D eigenvalue weighted by Crippen LogP contribution is 2.29. The third-order valence-electron chi connectivity index (χ3n) is 4.19. The van der Waals surface area contributed by atoms with Gasteiger partial charge in [0.15, 0.2) is 12.3 Å². The molecule has 0 aliphatic heterocycles. The second kappa shape index (κ2) is 8.31. The van der Waals surface area contributed by atoms with E-state index in [-0.39, 0.29) is 18.3 Å². The molecule has 0 aliphatic rings.